The predicted octanol–water partition coefficient (Wildman–Crippen LogP) is -1.53. The van der Waals surface area contributed by atoms with Crippen LogP contribution in [0.15, 0.2) is 11.9 Å². The average molecular weight is 172 g/mol. The Hall–Kier alpha value is -1.23. The molecule has 0 aliphatic carbocycles. The minimum atomic E-state index is -0.238. The highest BCUT2D eigenvalue weighted by Gasteiger charge is 2.08. The van der Waals surface area contributed by atoms with Gasteiger partial charge in [0, 0.05) is 25.8 Å². The molecule has 5 nitrogen and oxygen atoms in total. The molecule has 6 N–H and O–H groups in total. The Balaban J connectivity index is 4.10. The van der Waals surface area contributed by atoms with Crippen LogP contribution < -0.4 is 22.1 Å². The molecule has 70 valence electrons. The van der Waals surface area contributed by atoms with Gasteiger partial charge in [0.1, 0.15) is 5.70 Å². The molecule has 12 heavy (non-hydrogen) atoms. The van der Waals surface area contributed by atoms with Crippen molar-refractivity contribution in [1.29, 1.82) is 0 Å². The van der Waals surface area contributed by atoms with Gasteiger partial charge in [-0.05, 0) is 6.92 Å². The van der Waals surface area contributed by atoms with E-state index in [1.807, 2.05) is 6.92 Å². The summed E-state index contributed by atoms with van der Waals surface area (Å²) in [6.07, 6.45) is 1.23. The monoisotopic (exact) mass is 172 g/mol. The Morgan fingerprint density at radius 1 is 1.67 bits per heavy atom. The Kier molecular flexibility index (Phi) is 4.87. The Morgan fingerprint density at radius 2 is 2.25 bits per heavy atom. The zero-order valence-electron chi connectivity index (χ0n) is 7.42. The quantitative estimate of drug-likeness (QED) is 0.387. The molecule has 0 saturated carbocycles. The fourth-order valence-electron chi connectivity index (χ4n) is 0.648. The Labute approximate surface area is 72.2 Å². The van der Waals surface area contributed by atoms with Crippen molar-refractivity contribution in [3.63, 3.8) is 0 Å². The molecule has 0 unspecified atom stereocenters. The number of hydrogen-bond donors (Lipinski definition) is 4. The summed E-state index contributed by atoms with van der Waals surface area (Å²) in [5.41, 5.74) is 10.9. The van der Waals surface area contributed by atoms with Crippen LogP contribution in [0.1, 0.15) is 6.92 Å². The highest BCUT2D eigenvalue weighted by atomic mass is 16.2. The van der Waals surface area contributed by atoms with E-state index in [1.54, 1.807) is 7.05 Å². The van der Waals surface area contributed by atoms with Gasteiger partial charge in [0.15, 0.2) is 0 Å². The number of likely N-dealkylation sites (N-methyl/N-ethyl adjacent to an activating group) is 1. The Bertz CT molecular complexity index is 178. The SMILES string of the molecule is CNC(=O)/C(=C/N)N[C@H](C)CN. The first-order chi connectivity index (χ1) is 5.65. The van der Waals surface area contributed by atoms with Crippen molar-refractivity contribution >= 4 is 5.91 Å². The average Bonchev–Trinajstić information content (AvgIpc) is 2.12. The van der Waals surface area contributed by atoms with Crippen LogP contribution in [0.3, 0.4) is 0 Å². The molecule has 5 heteroatoms. The third kappa shape index (κ3) is 3.25. The van der Waals surface area contributed by atoms with E-state index >= 15 is 0 Å². The molecule has 1 amide bonds. The third-order valence-corrected chi connectivity index (χ3v) is 1.39. The lowest BCUT2D eigenvalue weighted by atomic mass is 10.3. The molecule has 0 bridgehead atoms. The van der Waals surface area contributed by atoms with Crippen LogP contribution in [0.25, 0.3) is 0 Å². The van der Waals surface area contributed by atoms with Crippen LogP contribution >= 0.6 is 0 Å². The van der Waals surface area contributed by atoms with Crippen molar-refractivity contribution in [2.45, 2.75) is 13.0 Å². The summed E-state index contributed by atoms with van der Waals surface area (Å²) >= 11 is 0. The van der Waals surface area contributed by atoms with Gasteiger partial charge >= 0.3 is 0 Å². The fraction of sp³-hybridized carbons (Fsp3) is 0.571. The number of carbonyl (C=O) groups is 1. The zero-order valence-corrected chi connectivity index (χ0v) is 7.42. The van der Waals surface area contributed by atoms with E-state index in [0.29, 0.717) is 12.2 Å². The molecular weight excluding hydrogens is 156 g/mol. The number of amides is 1. The van der Waals surface area contributed by atoms with E-state index in [2.05, 4.69) is 10.6 Å². The number of nitrogens with one attached hydrogen (secondary N) is 2. The topological polar surface area (TPSA) is 93.2 Å². The van der Waals surface area contributed by atoms with Gasteiger partial charge in [-0.25, -0.2) is 0 Å². The van der Waals surface area contributed by atoms with E-state index < -0.39 is 0 Å². The second kappa shape index (κ2) is 5.42. The van der Waals surface area contributed by atoms with Crippen molar-refractivity contribution < 1.29 is 4.79 Å². The van der Waals surface area contributed by atoms with Gasteiger partial charge in [-0.15, -0.1) is 0 Å². The first-order valence-electron chi connectivity index (χ1n) is 3.76. The molecule has 0 aromatic carbocycles. The van der Waals surface area contributed by atoms with Gasteiger partial charge in [0.25, 0.3) is 5.91 Å². The molecule has 0 aromatic heterocycles. The predicted molar refractivity (Wildman–Crippen MR) is 48.0 cm³/mol. The normalized spacial score (nSPS) is 13.8. The minimum absolute atomic E-state index is 0.0390. The van der Waals surface area contributed by atoms with Gasteiger partial charge in [-0.1, -0.05) is 0 Å². The van der Waals surface area contributed by atoms with Crippen molar-refractivity contribution in [3.8, 4) is 0 Å². The van der Waals surface area contributed by atoms with Gasteiger partial charge in [0.05, 0.1) is 0 Å². The highest BCUT2D eigenvalue weighted by molar-refractivity contribution is 5.92. The summed E-state index contributed by atoms with van der Waals surface area (Å²) in [7, 11) is 1.54. The minimum Gasteiger partial charge on any atom is -0.403 e. The number of hydrogen-bond acceptors (Lipinski definition) is 4. The molecule has 0 aromatic rings. The van der Waals surface area contributed by atoms with Crippen LogP contribution in [-0.2, 0) is 4.79 Å². The standard InChI is InChI=1S/C7H16N4O/c1-5(3-8)11-6(4-9)7(12)10-2/h4-5,11H,3,8-9H2,1-2H3,(H,10,12)/b6-4-/t5-/m1/s1. The highest BCUT2D eigenvalue weighted by Crippen LogP contribution is 1.88. The van der Waals surface area contributed by atoms with E-state index in [9.17, 15) is 4.79 Å². The number of nitrogens with two attached hydrogens (primary N) is 2. The van der Waals surface area contributed by atoms with Crippen LogP contribution in [0, 0.1) is 0 Å². The van der Waals surface area contributed by atoms with Crippen molar-refractivity contribution in [2.24, 2.45) is 11.5 Å². The van der Waals surface area contributed by atoms with Gasteiger partial charge < -0.3 is 22.1 Å². The molecular formula is C7H16N4O. The summed E-state index contributed by atoms with van der Waals surface area (Å²) < 4.78 is 0. The lowest BCUT2D eigenvalue weighted by Gasteiger charge is -2.14. The third-order valence-electron chi connectivity index (χ3n) is 1.39. The summed E-state index contributed by atoms with van der Waals surface area (Å²) in [5.74, 6) is -0.238. The maximum Gasteiger partial charge on any atom is 0.268 e. The molecule has 0 heterocycles. The molecule has 0 rings (SSSR count). The maximum atomic E-state index is 11.0. The van der Waals surface area contributed by atoms with E-state index in [-0.39, 0.29) is 11.9 Å². The molecule has 0 aliphatic rings. The lowest BCUT2D eigenvalue weighted by molar-refractivity contribution is -0.117. The summed E-state index contributed by atoms with van der Waals surface area (Å²) in [5, 5.41) is 5.32. The fourth-order valence-corrected chi connectivity index (χ4v) is 0.648. The largest absolute Gasteiger partial charge is 0.403 e. The zero-order chi connectivity index (χ0) is 9.56. The van der Waals surface area contributed by atoms with E-state index in [0.717, 1.165) is 0 Å². The molecule has 0 fully saturated rings. The summed E-state index contributed by atoms with van der Waals surface area (Å²) in [6, 6.07) is 0.0390. The maximum absolute atomic E-state index is 11.0. The van der Waals surface area contributed by atoms with Crippen molar-refractivity contribution in [1.82, 2.24) is 10.6 Å². The number of rotatable bonds is 4. The van der Waals surface area contributed by atoms with Crippen LogP contribution in [0.4, 0.5) is 0 Å². The second-order valence-corrected chi connectivity index (χ2v) is 2.44. The smallest absolute Gasteiger partial charge is 0.268 e. The molecule has 0 saturated heterocycles. The molecule has 0 radical (unpaired) electrons. The van der Waals surface area contributed by atoms with Crippen molar-refractivity contribution in [3.05, 3.63) is 11.9 Å². The lowest BCUT2D eigenvalue weighted by Crippen LogP contribution is -2.38. The molecule has 0 aliphatic heterocycles. The van der Waals surface area contributed by atoms with Crippen LogP contribution in [0.5, 0.6) is 0 Å². The Morgan fingerprint density at radius 3 is 2.58 bits per heavy atom. The van der Waals surface area contributed by atoms with Gasteiger partial charge in [-0.2, -0.15) is 0 Å². The van der Waals surface area contributed by atoms with Gasteiger partial charge in [-0.3, -0.25) is 4.79 Å². The van der Waals surface area contributed by atoms with Gasteiger partial charge in [0.2, 0.25) is 0 Å². The molecule has 1 atom stereocenters. The second-order valence-electron chi connectivity index (χ2n) is 2.44. The summed E-state index contributed by atoms with van der Waals surface area (Å²) in [4.78, 5) is 11.0. The van der Waals surface area contributed by atoms with E-state index in [1.165, 1.54) is 6.20 Å². The van der Waals surface area contributed by atoms with Crippen LogP contribution in [-0.4, -0.2) is 25.5 Å². The summed E-state index contributed by atoms with van der Waals surface area (Å²) in [6.45, 7) is 2.32. The van der Waals surface area contributed by atoms with Crippen molar-refractivity contribution in [2.75, 3.05) is 13.6 Å². The van der Waals surface area contributed by atoms with Crippen LogP contribution in [0.2, 0.25) is 0 Å². The molecule has 0 spiro atoms. The number of carbonyl (C=O) groups excluding carboxylic acids is 1. The first-order valence-corrected chi connectivity index (χ1v) is 3.76. The first kappa shape index (κ1) is 10.8. The van der Waals surface area contributed by atoms with E-state index in [4.69, 9.17) is 11.5 Å².